The molecule has 64 valence electrons. The van der Waals surface area contributed by atoms with E-state index in [0.29, 0.717) is 5.92 Å². The predicted octanol–water partition coefficient (Wildman–Crippen LogP) is 2.68. The van der Waals surface area contributed by atoms with Crippen molar-refractivity contribution in [2.45, 2.75) is 18.9 Å². The molecule has 1 aromatic carbocycles. The maximum absolute atomic E-state index is 9.94. The van der Waals surface area contributed by atoms with Crippen LogP contribution in [-0.4, -0.2) is 5.11 Å². The van der Waals surface area contributed by atoms with Crippen molar-refractivity contribution in [3.8, 4) is 0 Å². The zero-order valence-corrected chi connectivity index (χ0v) is 8.51. The largest absolute Gasteiger partial charge is 0.385 e. The van der Waals surface area contributed by atoms with Crippen LogP contribution in [0.2, 0.25) is 0 Å². The Labute approximate surface area is 80.5 Å². The average molecular weight is 227 g/mol. The van der Waals surface area contributed by atoms with Crippen LogP contribution in [0.5, 0.6) is 0 Å². The fourth-order valence-electron chi connectivity index (χ4n) is 1.55. The van der Waals surface area contributed by atoms with Crippen LogP contribution in [-0.2, 0) is 5.60 Å². The van der Waals surface area contributed by atoms with Crippen molar-refractivity contribution < 1.29 is 5.11 Å². The Morgan fingerprint density at radius 2 is 1.92 bits per heavy atom. The van der Waals surface area contributed by atoms with Gasteiger partial charge in [0.15, 0.2) is 0 Å². The number of halogens is 1. The van der Waals surface area contributed by atoms with Gasteiger partial charge in [-0.15, -0.1) is 0 Å². The van der Waals surface area contributed by atoms with Gasteiger partial charge >= 0.3 is 0 Å². The monoisotopic (exact) mass is 226 g/mol. The molecule has 1 saturated carbocycles. The Hall–Kier alpha value is -0.340. The van der Waals surface area contributed by atoms with E-state index in [1.165, 1.54) is 0 Å². The molecule has 12 heavy (non-hydrogen) atoms. The molecule has 0 saturated heterocycles. The van der Waals surface area contributed by atoms with E-state index >= 15 is 0 Å². The number of hydrogen-bond donors (Lipinski definition) is 1. The zero-order chi connectivity index (χ0) is 8.77. The van der Waals surface area contributed by atoms with Crippen LogP contribution < -0.4 is 0 Å². The van der Waals surface area contributed by atoms with E-state index in [-0.39, 0.29) is 0 Å². The molecule has 2 rings (SSSR count). The number of hydrogen-bond acceptors (Lipinski definition) is 1. The van der Waals surface area contributed by atoms with Gasteiger partial charge in [0.1, 0.15) is 0 Å². The van der Waals surface area contributed by atoms with Crippen LogP contribution in [0, 0.1) is 5.92 Å². The molecule has 1 N–H and O–H groups in total. The molecule has 1 fully saturated rings. The van der Waals surface area contributed by atoms with E-state index in [2.05, 4.69) is 22.9 Å². The molecule has 1 aliphatic rings. The first kappa shape index (κ1) is 8.27. The lowest BCUT2D eigenvalue weighted by Gasteiger charge is -2.08. The predicted molar refractivity (Wildman–Crippen MR) is 51.8 cm³/mol. The molecule has 0 radical (unpaired) electrons. The summed E-state index contributed by atoms with van der Waals surface area (Å²) in [4.78, 5) is 0. The second kappa shape index (κ2) is 2.57. The number of rotatable bonds is 1. The van der Waals surface area contributed by atoms with Crippen molar-refractivity contribution in [2.24, 2.45) is 5.92 Å². The normalized spacial score (nSPS) is 33.4. The number of aliphatic hydroxyl groups is 1. The molecule has 1 aliphatic carbocycles. The smallest absolute Gasteiger partial charge is 0.0926 e. The van der Waals surface area contributed by atoms with Gasteiger partial charge in [-0.05, 0) is 30.0 Å². The molecule has 0 bridgehead atoms. The topological polar surface area (TPSA) is 20.2 Å². The van der Waals surface area contributed by atoms with E-state index in [0.717, 1.165) is 16.5 Å². The van der Waals surface area contributed by atoms with E-state index in [4.69, 9.17) is 0 Å². The van der Waals surface area contributed by atoms with Crippen LogP contribution in [0.4, 0.5) is 0 Å². The Kier molecular flexibility index (Phi) is 1.77. The molecular formula is C10H11BrO. The molecule has 0 amide bonds. The van der Waals surface area contributed by atoms with Gasteiger partial charge in [0.05, 0.1) is 5.60 Å². The summed E-state index contributed by atoms with van der Waals surface area (Å²) >= 11 is 3.37. The van der Waals surface area contributed by atoms with Crippen molar-refractivity contribution in [1.82, 2.24) is 0 Å². The molecule has 0 heterocycles. The maximum Gasteiger partial charge on any atom is 0.0926 e. The van der Waals surface area contributed by atoms with Gasteiger partial charge in [-0.25, -0.2) is 0 Å². The highest BCUT2D eigenvalue weighted by Crippen LogP contribution is 2.51. The second-order valence-electron chi connectivity index (χ2n) is 3.54. The van der Waals surface area contributed by atoms with Crippen LogP contribution in [0.3, 0.4) is 0 Å². The summed E-state index contributed by atoms with van der Waals surface area (Å²) in [5.41, 5.74) is 0.513. The minimum Gasteiger partial charge on any atom is -0.385 e. The van der Waals surface area contributed by atoms with Gasteiger partial charge in [-0.2, -0.15) is 0 Å². The fourth-order valence-corrected chi connectivity index (χ4v) is 1.81. The summed E-state index contributed by atoms with van der Waals surface area (Å²) in [7, 11) is 0. The molecule has 0 spiro atoms. The molecule has 1 aromatic rings. The highest BCUT2D eigenvalue weighted by molar-refractivity contribution is 9.10. The summed E-state index contributed by atoms with van der Waals surface area (Å²) in [5.74, 6) is 0.415. The highest BCUT2D eigenvalue weighted by atomic mass is 79.9. The zero-order valence-electron chi connectivity index (χ0n) is 6.92. The Bertz CT molecular complexity index is 293. The lowest BCUT2D eigenvalue weighted by Crippen LogP contribution is -2.06. The van der Waals surface area contributed by atoms with Crippen molar-refractivity contribution in [1.29, 1.82) is 0 Å². The van der Waals surface area contributed by atoms with Gasteiger partial charge in [0.2, 0.25) is 0 Å². The molecule has 2 heteroatoms. The van der Waals surface area contributed by atoms with Crippen LogP contribution >= 0.6 is 15.9 Å². The first-order chi connectivity index (χ1) is 5.63. The van der Waals surface area contributed by atoms with E-state index in [9.17, 15) is 5.11 Å². The highest BCUT2D eigenvalue weighted by Gasteiger charge is 2.50. The minimum absolute atomic E-state index is 0.415. The number of benzene rings is 1. The van der Waals surface area contributed by atoms with Gasteiger partial charge in [0, 0.05) is 4.47 Å². The lowest BCUT2D eigenvalue weighted by atomic mass is 10.1. The first-order valence-corrected chi connectivity index (χ1v) is 4.90. The van der Waals surface area contributed by atoms with Crippen LogP contribution in [0.1, 0.15) is 18.9 Å². The van der Waals surface area contributed by atoms with Gasteiger partial charge in [0.25, 0.3) is 0 Å². The summed E-state index contributed by atoms with van der Waals surface area (Å²) in [6.45, 7) is 2.07. The van der Waals surface area contributed by atoms with E-state index in [1.54, 1.807) is 0 Å². The van der Waals surface area contributed by atoms with Gasteiger partial charge in [-0.1, -0.05) is 35.0 Å². The Morgan fingerprint density at radius 1 is 1.42 bits per heavy atom. The fraction of sp³-hybridized carbons (Fsp3) is 0.400. The van der Waals surface area contributed by atoms with Crippen molar-refractivity contribution in [3.05, 3.63) is 34.3 Å². The van der Waals surface area contributed by atoms with E-state index < -0.39 is 5.60 Å². The summed E-state index contributed by atoms with van der Waals surface area (Å²) in [6, 6.07) is 7.90. The summed E-state index contributed by atoms with van der Waals surface area (Å²) in [5, 5.41) is 9.94. The third kappa shape index (κ3) is 1.19. The summed E-state index contributed by atoms with van der Waals surface area (Å²) in [6.07, 6.45) is 0.897. The van der Waals surface area contributed by atoms with Crippen molar-refractivity contribution >= 4 is 15.9 Å². The molecular weight excluding hydrogens is 216 g/mol. The average Bonchev–Trinajstić information content (AvgIpc) is 2.62. The first-order valence-electron chi connectivity index (χ1n) is 4.11. The molecule has 0 aliphatic heterocycles. The Balaban J connectivity index is 2.31. The van der Waals surface area contributed by atoms with Gasteiger partial charge < -0.3 is 5.11 Å². The molecule has 1 nitrogen and oxygen atoms in total. The standard InChI is InChI=1S/C10H11BrO/c1-7-6-10(7,12)8-2-4-9(11)5-3-8/h2-5,7,12H,6H2,1H3. The quantitative estimate of drug-likeness (QED) is 0.781. The Morgan fingerprint density at radius 3 is 2.33 bits per heavy atom. The minimum atomic E-state index is -0.527. The van der Waals surface area contributed by atoms with Crippen LogP contribution in [0.25, 0.3) is 0 Å². The molecule has 2 unspecified atom stereocenters. The third-order valence-electron chi connectivity index (χ3n) is 2.62. The van der Waals surface area contributed by atoms with E-state index in [1.807, 2.05) is 24.3 Å². The summed E-state index contributed by atoms with van der Waals surface area (Å²) < 4.78 is 1.06. The van der Waals surface area contributed by atoms with Gasteiger partial charge in [-0.3, -0.25) is 0 Å². The van der Waals surface area contributed by atoms with Crippen molar-refractivity contribution in [2.75, 3.05) is 0 Å². The van der Waals surface area contributed by atoms with Crippen LogP contribution in [0.15, 0.2) is 28.7 Å². The second-order valence-corrected chi connectivity index (χ2v) is 4.45. The van der Waals surface area contributed by atoms with Crippen molar-refractivity contribution in [3.63, 3.8) is 0 Å². The lowest BCUT2D eigenvalue weighted by molar-refractivity contribution is 0.134. The third-order valence-corrected chi connectivity index (χ3v) is 3.15. The SMILES string of the molecule is CC1CC1(O)c1ccc(Br)cc1. The maximum atomic E-state index is 9.94. The molecule has 2 atom stereocenters. The molecule has 0 aromatic heterocycles.